The standard InChI is InChI=1S/C52H36N4O/c1-2-13-33-24-26-35(27-25-33)51-53-50(34-14-4-3-5-15-34)54-52(55-51)43-29-31-46(39-17-7-6-16-38(39)43)56-45-22-10-8-18-40(45)44-32-36(28-30-47(44)56)37-20-12-21-42-41-19-9-11-23-48(41)57-49(37)42/h3-12,14-32H,2,13H2,1H3. The summed E-state index contributed by atoms with van der Waals surface area (Å²) in [6.07, 6.45) is 2.15. The Morgan fingerprint density at radius 3 is 1.88 bits per heavy atom. The first-order valence-corrected chi connectivity index (χ1v) is 19.6. The topological polar surface area (TPSA) is 56.7 Å². The van der Waals surface area contributed by atoms with Crippen LogP contribution in [0, 0.1) is 0 Å². The van der Waals surface area contributed by atoms with Crippen molar-refractivity contribution in [2.45, 2.75) is 19.8 Å². The van der Waals surface area contributed by atoms with Crippen molar-refractivity contribution in [1.82, 2.24) is 19.5 Å². The fraction of sp³-hybridized carbons (Fsp3) is 0.0577. The highest BCUT2D eigenvalue weighted by Gasteiger charge is 2.20. The van der Waals surface area contributed by atoms with Crippen LogP contribution in [0.1, 0.15) is 18.9 Å². The van der Waals surface area contributed by atoms with Crippen LogP contribution in [0.15, 0.2) is 180 Å². The van der Waals surface area contributed by atoms with Crippen molar-refractivity contribution in [3.63, 3.8) is 0 Å². The van der Waals surface area contributed by atoms with E-state index in [9.17, 15) is 0 Å². The second kappa shape index (κ2) is 13.4. The predicted molar refractivity (Wildman–Crippen MR) is 235 cm³/mol. The monoisotopic (exact) mass is 732 g/mol. The van der Waals surface area contributed by atoms with Gasteiger partial charge in [-0.2, -0.15) is 0 Å². The molecule has 11 rings (SSSR count). The number of hydrogen-bond acceptors (Lipinski definition) is 4. The van der Waals surface area contributed by atoms with E-state index in [0.29, 0.717) is 17.5 Å². The maximum absolute atomic E-state index is 6.47. The van der Waals surface area contributed by atoms with E-state index in [0.717, 1.165) is 90.1 Å². The van der Waals surface area contributed by atoms with Gasteiger partial charge in [0, 0.05) is 49.2 Å². The first-order chi connectivity index (χ1) is 28.2. The molecule has 0 saturated heterocycles. The number of rotatable bonds is 7. The maximum atomic E-state index is 6.47. The van der Waals surface area contributed by atoms with Crippen molar-refractivity contribution in [2.24, 2.45) is 0 Å². The third-order valence-corrected chi connectivity index (χ3v) is 11.2. The van der Waals surface area contributed by atoms with Gasteiger partial charge in [-0.1, -0.05) is 153 Å². The quantitative estimate of drug-likeness (QED) is 0.164. The highest BCUT2D eigenvalue weighted by molar-refractivity contribution is 6.14. The number of para-hydroxylation sites is 3. The van der Waals surface area contributed by atoms with Crippen molar-refractivity contribution in [2.75, 3.05) is 0 Å². The molecular weight excluding hydrogens is 697 g/mol. The minimum atomic E-state index is 0.644. The number of aryl methyl sites for hydroxylation is 1. The molecule has 57 heavy (non-hydrogen) atoms. The summed E-state index contributed by atoms with van der Waals surface area (Å²) in [5.74, 6) is 1.95. The van der Waals surface area contributed by atoms with Gasteiger partial charge in [0.1, 0.15) is 11.2 Å². The summed E-state index contributed by atoms with van der Waals surface area (Å²) in [4.78, 5) is 15.3. The number of hydrogen-bond donors (Lipinski definition) is 0. The Bertz CT molecular complexity index is 3300. The molecule has 0 saturated carbocycles. The zero-order valence-corrected chi connectivity index (χ0v) is 31.4. The highest BCUT2D eigenvalue weighted by atomic mass is 16.3. The Labute approximate surface area is 329 Å². The highest BCUT2D eigenvalue weighted by Crippen LogP contribution is 2.41. The number of nitrogens with zero attached hydrogens (tertiary/aromatic N) is 4. The molecule has 0 spiro atoms. The fourth-order valence-corrected chi connectivity index (χ4v) is 8.50. The van der Waals surface area contributed by atoms with Crippen molar-refractivity contribution in [3.8, 4) is 51.0 Å². The van der Waals surface area contributed by atoms with E-state index in [1.807, 2.05) is 30.3 Å². The van der Waals surface area contributed by atoms with Crippen molar-refractivity contribution in [3.05, 3.63) is 181 Å². The third kappa shape index (κ3) is 5.50. The number of aromatic nitrogens is 4. The van der Waals surface area contributed by atoms with Gasteiger partial charge in [0.05, 0.1) is 16.7 Å². The van der Waals surface area contributed by atoms with E-state index in [4.69, 9.17) is 19.4 Å². The summed E-state index contributed by atoms with van der Waals surface area (Å²) in [7, 11) is 0. The van der Waals surface area contributed by atoms with Crippen LogP contribution >= 0.6 is 0 Å². The molecule has 0 radical (unpaired) electrons. The summed E-state index contributed by atoms with van der Waals surface area (Å²) in [5.41, 5.74) is 11.6. The average molecular weight is 733 g/mol. The molecule has 5 nitrogen and oxygen atoms in total. The van der Waals surface area contributed by atoms with Crippen molar-refractivity contribution >= 4 is 54.5 Å². The van der Waals surface area contributed by atoms with Crippen molar-refractivity contribution < 1.29 is 4.42 Å². The SMILES string of the molecule is CCCc1ccc(-c2nc(-c3ccccc3)nc(-c3ccc(-n4c5ccccc5c5cc(-c6cccc7c6oc6ccccc67)ccc54)c4ccccc34)n2)cc1. The van der Waals surface area contributed by atoms with Crippen LogP contribution in [-0.4, -0.2) is 19.5 Å². The molecule has 3 aromatic heterocycles. The fourth-order valence-electron chi connectivity index (χ4n) is 8.50. The van der Waals surface area contributed by atoms with Gasteiger partial charge in [0.2, 0.25) is 0 Å². The van der Waals surface area contributed by atoms with Crippen LogP contribution in [0.3, 0.4) is 0 Å². The maximum Gasteiger partial charge on any atom is 0.164 e. The number of furan rings is 1. The van der Waals surface area contributed by atoms with Gasteiger partial charge >= 0.3 is 0 Å². The summed E-state index contributed by atoms with van der Waals surface area (Å²) in [5, 5.41) is 6.82. The predicted octanol–water partition coefficient (Wildman–Crippen LogP) is 13.6. The van der Waals surface area contributed by atoms with Crippen LogP contribution in [-0.2, 0) is 6.42 Å². The second-order valence-corrected chi connectivity index (χ2v) is 14.7. The van der Waals surface area contributed by atoms with E-state index in [-0.39, 0.29) is 0 Å². The summed E-state index contributed by atoms with van der Waals surface area (Å²) >= 11 is 0. The molecule has 3 heterocycles. The lowest BCUT2D eigenvalue weighted by Gasteiger charge is -2.15. The second-order valence-electron chi connectivity index (χ2n) is 14.7. The molecule has 8 aromatic carbocycles. The van der Waals surface area contributed by atoms with Gasteiger partial charge in [-0.15, -0.1) is 0 Å². The van der Waals surface area contributed by atoms with Gasteiger partial charge in [-0.05, 0) is 59.3 Å². The molecule has 0 aliphatic carbocycles. The van der Waals surface area contributed by atoms with Gasteiger partial charge in [-0.3, -0.25) is 0 Å². The normalized spacial score (nSPS) is 11.7. The molecule has 0 atom stereocenters. The third-order valence-electron chi connectivity index (χ3n) is 11.2. The Morgan fingerprint density at radius 1 is 0.439 bits per heavy atom. The first-order valence-electron chi connectivity index (χ1n) is 19.6. The molecule has 0 aliphatic rings. The van der Waals surface area contributed by atoms with Crippen molar-refractivity contribution in [1.29, 1.82) is 0 Å². The van der Waals surface area contributed by atoms with Crippen LogP contribution < -0.4 is 0 Å². The molecule has 11 aromatic rings. The molecule has 0 bridgehead atoms. The van der Waals surface area contributed by atoms with E-state index in [1.165, 1.54) is 16.3 Å². The molecule has 0 unspecified atom stereocenters. The Kier molecular flexibility index (Phi) is 7.78. The first kappa shape index (κ1) is 33.0. The van der Waals surface area contributed by atoms with Gasteiger partial charge < -0.3 is 8.98 Å². The summed E-state index contributed by atoms with van der Waals surface area (Å²) < 4.78 is 8.86. The minimum absolute atomic E-state index is 0.644. The molecule has 0 N–H and O–H groups in total. The lowest BCUT2D eigenvalue weighted by atomic mass is 10.00. The van der Waals surface area contributed by atoms with E-state index >= 15 is 0 Å². The van der Waals surface area contributed by atoms with Gasteiger partial charge in [-0.25, -0.2) is 15.0 Å². The smallest absolute Gasteiger partial charge is 0.164 e. The van der Waals surface area contributed by atoms with Gasteiger partial charge in [0.25, 0.3) is 0 Å². The molecule has 0 fully saturated rings. The number of benzene rings is 8. The number of fused-ring (bicyclic) bond motifs is 7. The van der Waals surface area contributed by atoms with Crippen LogP contribution in [0.25, 0.3) is 105 Å². The summed E-state index contributed by atoms with van der Waals surface area (Å²) in [6.45, 7) is 2.20. The van der Waals surface area contributed by atoms with Crippen LogP contribution in [0.2, 0.25) is 0 Å². The molecule has 270 valence electrons. The van der Waals surface area contributed by atoms with Crippen LogP contribution in [0.5, 0.6) is 0 Å². The van der Waals surface area contributed by atoms with E-state index in [2.05, 4.69) is 157 Å². The minimum Gasteiger partial charge on any atom is -0.455 e. The zero-order chi connectivity index (χ0) is 37.9. The zero-order valence-electron chi connectivity index (χ0n) is 31.4. The largest absolute Gasteiger partial charge is 0.455 e. The molecule has 5 heteroatoms. The van der Waals surface area contributed by atoms with Crippen LogP contribution in [0.4, 0.5) is 0 Å². The van der Waals surface area contributed by atoms with E-state index < -0.39 is 0 Å². The molecular formula is C52H36N4O. The summed E-state index contributed by atoms with van der Waals surface area (Å²) in [6, 6.07) is 62.0. The lowest BCUT2D eigenvalue weighted by molar-refractivity contribution is 0.670. The Balaban J connectivity index is 1.09. The Morgan fingerprint density at radius 2 is 1.07 bits per heavy atom. The molecule has 0 aliphatic heterocycles. The Hall–Kier alpha value is -7.37. The average Bonchev–Trinajstić information content (AvgIpc) is 3.82. The molecule has 0 amide bonds. The lowest BCUT2D eigenvalue weighted by Crippen LogP contribution is -2.02. The van der Waals surface area contributed by atoms with E-state index in [1.54, 1.807) is 0 Å². The van der Waals surface area contributed by atoms with Gasteiger partial charge in [0.15, 0.2) is 17.5 Å².